The van der Waals surface area contributed by atoms with Gasteiger partial charge in [0.1, 0.15) is 30.8 Å². The lowest BCUT2D eigenvalue weighted by molar-refractivity contribution is -0.148. The van der Waals surface area contributed by atoms with Crippen LogP contribution in [0.15, 0.2) is 12.2 Å². The molecule has 0 aromatic heterocycles. The number of nitrogens with one attached hydrogen (secondary N) is 4. The van der Waals surface area contributed by atoms with Gasteiger partial charge in [-0.2, -0.15) is 0 Å². The van der Waals surface area contributed by atoms with E-state index in [4.69, 9.17) is 4.74 Å². The minimum Gasteiger partial charge on any atom is -0.456 e. The minimum atomic E-state index is -0.905. The summed E-state index contributed by atoms with van der Waals surface area (Å²) >= 11 is 0. The lowest BCUT2D eigenvalue weighted by Crippen LogP contribution is -2.58. The molecule has 0 aliphatic carbocycles. The number of carbonyl (C=O) groups is 5. The van der Waals surface area contributed by atoms with Crippen molar-refractivity contribution in [1.29, 1.82) is 0 Å². The Morgan fingerprint density at radius 1 is 1.00 bits per heavy atom. The van der Waals surface area contributed by atoms with Gasteiger partial charge in [0.25, 0.3) is 0 Å². The lowest BCUT2D eigenvalue weighted by atomic mass is 10.0. The van der Waals surface area contributed by atoms with Crippen molar-refractivity contribution < 1.29 is 28.7 Å². The van der Waals surface area contributed by atoms with Crippen LogP contribution in [0.25, 0.3) is 0 Å². The first-order valence-electron chi connectivity index (χ1n) is 10.5. The topological polar surface area (TPSA) is 143 Å². The molecule has 2 heterocycles. The summed E-state index contributed by atoms with van der Waals surface area (Å²) in [4.78, 5) is 62.9. The molecule has 2 bridgehead atoms. The highest BCUT2D eigenvalue weighted by Crippen LogP contribution is 2.23. The van der Waals surface area contributed by atoms with Crippen molar-refractivity contribution >= 4 is 51.2 Å². The van der Waals surface area contributed by atoms with Crippen molar-refractivity contribution in [3.8, 4) is 0 Å². The van der Waals surface area contributed by atoms with E-state index >= 15 is 0 Å². The number of fused-ring (bicyclic) bond motifs is 7. The van der Waals surface area contributed by atoms with Crippen LogP contribution in [0.4, 0.5) is 0 Å². The fraction of sp³-hybridized carbons (Fsp3) is 0.650. The summed E-state index contributed by atoms with van der Waals surface area (Å²) in [5.41, 5.74) is 0. The Kier molecular flexibility index (Phi) is 10.4. The van der Waals surface area contributed by atoms with Crippen LogP contribution >= 0.6 is 21.6 Å². The van der Waals surface area contributed by atoms with Crippen molar-refractivity contribution in [1.82, 2.24) is 21.3 Å². The molecule has 0 unspecified atom stereocenters. The molecular weight excluding hydrogens is 456 g/mol. The first-order valence-corrected chi connectivity index (χ1v) is 12.9. The highest BCUT2D eigenvalue weighted by Gasteiger charge is 2.31. The number of carbonyl (C=O) groups excluding carboxylic acids is 5. The van der Waals surface area contributed by atoms with Crippen LogP contribution in [0.5, 0.6) is 0 Å². The highest BCUT2D eigenvalue weighted by molar-refractivity contribution is 8.76. The largest absolute Gasteiger partial charge is 0.456 e. The van der Waals surface area contributed by atoms with Crippen molar-refractivity contribution in [2.24, 2.45) is 5.92 Å². The molecule has 0 aromatic carbocycles. The van der Waals surface area contributed by atoms with Gasteiger partial charge < -0.3 is 26.0 Å². The zero-order chi connectivity index (χ0) is 23.7. The number of amides is 4. The molecule has 178 valence electrons. The number of hydrogen-bond acceptors (Lipinski definition) is 8. The minimum absolute atomic E-state index is 0.172. The predicted octanol–water partition coefficient (Wildman–Crippen LogP) is -0.110. The van der Waals surface area contributed by atoms with Gasteiger partial charge in [-0.05, 0) is 25.3 Å². The van der Waals surface area contributed by atoms with E-state index in [1.54, 1.807) is 19.9 Å². The fourth-order valence-corrected chi connectivity index (χ4v) is 5.14. The number of ether oxygens (including phenoxy) is 1. The van der Waals surface area contributed by atoms with Gasteiger partial charge in [0, 0.05) is 11.5 Å². The lowest BCUT2D eigenvalue weighted by Gasteiger charge is -2.26. The van der Waals surface area contributed by atoms with Crippen LogP contribution in [0.1, 0.15) is 33.6 Å². The summed E-state index contributed by atoms with van der Waals surface area (Å²) in [5, 5.41) is 10.4. The van der Waals surface area contributed by atoms with Gasteiger partial charge in [-0.25, -0.2) is 0 Å². The average Bonchev–Trinajstić information content (AvgIpc) is 2.72. The third-order valence-electron chi connectivity index (χ3n) is 4.76. The normalized spacial score (nSPS) is 29.3. The van der Waals surface area contributed by atoms with E-state index in [0.717, 1.165) is 5.75 Å². The summed E-state index contributed by atoms with van der Waals surface area (Å²) in [6.45, 7) is 4.64. The number of allylic oxidation sites excluding steroid dienone is 1. The monoisotopic (exact) mass is 486 g/mol. The van der Waals surface area contributed by atoms with E-state index in [1.807, 2.05) is 6.08 Å². The number of rotatable bonds is 1. The molecule has 1 saturated heterocycles. The molecule has 4 atom stereocenters. The Hall–Kier alpha value is -2.21. The van der Waals surface area contributed by atoms with E-state index in [9.17, 15) is 24.0 Å². The Morgan fingerprint density at radius 2 is 1.75 bits per heavy atom. The Labute approximate surface area is 195 Å². The smallest absolute Gasteiger partial charge is 0.326 e. The molecule has 4 N–H and O–H groups in total. The van der Waals surface area contributed by atoms with Crippen molar-refractivity contribution in [2.75, 3.05) is 18.1 Å². The average molecular weight is 487 g/mol. The maximum atomic E-state index is 13.0. The summed E-state index contributed by atoms with van der Waals surface area (Å²) in [6.07, 6.45) is 3.12. The highest BCUT2D eigenvalue weighted by atomic mass is 33.1. The predicted molar refractivity (Wildman–Crippen MR) is 122 cm³/mol. The molecule has 0 saturated carbocycles. The molecule has 2 aliphatic heterocycles. The maximum Gasteiger partial charge on any atom is 0.326 e. The Bertz CT molecular complexity index is 760. The quantitative estimate of drug-likeness (QED) is 0.228. The molecule has 4 amide bonds. The first-order chi connectivity index (χ1) is 15.2. The summed E-state index contributed by atoms with van der Waals surface area (Å²) < 4.78 is 5.36. The second-order valence-electron chi connectivity index (χ2n) is 7.85. The molecule has 0 aromatic rings. The van der Waals surface area contributed by atoms with Gasteiger partial charge in [-0.1, -0.05) is 41.5 Å². The zero-order valence-corrected chi connectivity index (χ0v) is 20.0. The summed E-state index contributed by atoms with van der Waals surface area (Å²) in [5.74, 6) is -2.02. The maximum absolute atomic E-state index is 13.0. The molecule has 1 fully saturated rings. The first kappa shape index (κ1) is 26.0. The SMILES string of the molecule is CC(C)[C@H]1NC(=O)[C@H]2CSSCCC=C[C@H](CC(=O)N[C@H](C)C(=O)N2)OC(=O)CNC1=O. The molecule has 10 nitrogen and oxygen atoms in total. The van der Waals surface area contributed by atoms with Crippen LogP contribution in [0.3, 0.4) is 0 Å². The van der Waals surface area contributed by atoms with E-state index < -0.39 is 60.4 Å². The van der Waals surface area contributed by atoms with E-state index in [0.29, 0.717) is 6.42 Å². The van der Waals surface area contributed by atoms with Gasteiger partial charge in [-0.3, -0.25) is 24.0 Å². The standard InChI is InChI=1S/C20H30N4O6S2/c1-11(2)17-20(29)21-9-16(26)30-13-6-4-5-7-31-32-10-14(19(28)24-17)23-18(27)12(3)22-15(25)8-13/h4,6,11-14,17H,5,7-10H2,1-3H3,(H,21,29)(H,22,25)(H,23,27)(H,24,28)/t12-,13-,14-,17-/m1/s1. The van der Waals surface area contributed by atoms with Gasteiger partial charge in [0.15, 0.2) is 0 Å². The number of hydrogen-bond donors (Lipinski definition) is 4. The summed E-state index contributed by atoms with van der Waals surface area (Å²) in [6, 6.07) is -2.71. The van der Waals surface area contributed by atoms with E-state index in [2.05, 4.69) is 21.3 Å². The molecule has 0 spiro atoms. The van der Waals surface area contributed by atoms with Gasteiger partial charge in [-0.15, -0.1) is 0 Å². The zero-order valence-electron chi connectivity index (χ0n) is 18.3. The van der Waals surface area contributed by atoms with E-state index in [1.165, 1.54) is 28.5 Å². The third kappa shape index (κ3) is 8.38. The summed E-state index contributed by atoms with van der Waals surface area (Å²) in [7, 11) is 2.96. The van der Waals surface area contributed by atoms with Crippen molar-refractivity contribution in [2.45, 2.75) is 57.8 Å². The van der Waals surface area contributed by atoms with Crippen LogP contribution in [-0.4, -0.2) is 71.9 Å². The Balaban J connectivity index is 2.39. The molecule has 2 rings (SSSR count). The van der Waals surface area contributed by atoms with Crippen LogP contribution in [0, 0.1) is 5.92 Å². The third-order valence-corrected chi connectivity index (χ3v) is 7.21. The molecule has 0 radical (unpaired) electrons. The fourth-order valence-electron chi connectivity index (χ4n) is 2.99. The van der Waals surface area contributed by atoms with Gasteiger partial charge in [0.2, 0.25) is 23.6 Å². The number of esters is 1. The molecule has 12 heteroatoms. The van der Waals surface area contributed by atoms with Crippen LogP contribution in [0.2, 0.25) is 0 Å². The molecule has 32 heavy (non-hydrogen) atoms. The second-order valence-corrected chi connectivity index (χ2v) is 10.5. The second kappa shape index (κ2) is 12.7. The van der Waals surface area contributed by atoms with E-state index in [-0.39, 0.29) is 18.1 Å². The van der Waals surface area contributed by atoms with Gasteiger partial charge in [0.05, 0.1) is 6.42 Å². The van der Waals surface area contributed by atoms with Crippen molar-refractivity contribution in [3.63, 3.8) is 0 Å². The van der Waals surface area contributed by atoms with Gasteiger partial charge >= 0.3 is 5.97 Å². The molecule has 2 aliphatic rings. The van der Waals surface area contributed by atoms with Crippen LogP contribution in [-0.2, 0) is 28.7 Å². The van der Waals surface area contributed by atoms with Crippen LogP contribution < -0.4 is 21.3 Å². The van der Waals surface area contributed by atoms with Crippen molar-refractivity contribution in [3.05, 3.63) is 12.2 Å². The molecular formula is C20H30N4O6S2. The Morgan fingerprint density at radius 3 is 2.47 bits per heavy atom.